The van der Waals surface area contributed by atoms with Gasteiger partial charge in [-0.2, -0.15) is 0 Å². The monoisotopic (exact) mass is 246 g/mol. The van der Waals surface area contributed by atoms with Crippen molar-refractivity contribution in [3.63, 3.8) is 0 Å². The summed E-state index contributed by atoms with van der Waals surface area (Å²) in [5.74, 6) is 0. The van der Waals surface area contributed by atoms with Gasteiger partial charge in [0.15, 0.2) is 0 Å². The van der Waals surface area contributed by atoms with Gasteiger partial charge >= 0.3 is 0 Å². The van der Waals surface area contributed by atoms with E-state index in [1.807, 2.05) is 18.5 Å². The molecular formula is C16H26N2. The van der Waals surface area contributed by atoms with Crippen molar-refractivity contribution in [3.8, 4) is 0 Å². The molecule has 18 heavy (non-hydrogen) atoms. The zero-order valence-corrected chi connectivity index (χ0v) is 12.0. The Kier molecular flexibility index (Phi) is 4.39. The van der Waals surface area contributed by atoms with E-state index >= 15 is 0 Å². The van der Waals surface area contributed by atoms with Crippen molar-refractivity contribution >= 4 is 0 Å². The van der Waals surface area contributed by atoms with E-state index in [0.717, 1.165) is 12.6 Å². The lowest BCUT2D eigenvalue weighted by molar-refractivity contribution is 0.0520. The van der Waals surface area contributed by atoms with Crippen LogP contribution in [-0.2, 0) is 6.54 Å². The Labute approximate surface area is 111 Å². The first-order valence-corrected chi connectivity index (χ1v) is 7.23. The molecular weight excluding hydrogens is 220 g/mol. The molecule has 0 bridgehead atoms. The van der Waals surface area contributed by atoms with Gasteiger partial charge in [-0.25, -0.2) is 0 Å². The van der Waals surface area contributed by atoms with E-state index in [2.05, 4.69) is 36.7 Å². The molecule has 1 aliphatic rings. The Hall–Kier alpha value is -0.890. The third-order valence-corrected chi connectivity index (χ3v) is 3.95. The number of hydrogen-bond acceptors (Lipinski definition) is 2. The summed E-state index contributed by atoms with van der Waals surface area (Å²) in [6.45, 7) is 8.02. The third kappa shape index (κ3) is 3.55. The second-order valence-corrected chi connectivity index (χ2v) is 6.45. The van der Waals surface area contributed by atoms with Crippen LogP contribution in [0.25, 0.3) is 0 Å². The number of rotatable bonds is 3. The number of pyridine rings is 1. The molecule has 1 saturated carbocycles. The van der Waals surface area contributed by atoms with Gasteiger partial charge in [0.2, 0.25) is 0 Å². The minimum atomic E-state index is 0.234. The molecule has 1 fully saturated rings. The fourth-order valence-corrected chi connectivity index (χ4v) is 3.00. The summed E-state index contributed by atoms with van der Waals surface area (Å²) in [5.41, 5.74) is 1.57. The molecule has 2 heteroatoms. The Bertz CT molecular complexity index is 347. The summed E-state index contributed by atoms with van der Waals surface area (Å²) >= 11 is 0. The molecule has 1 aromatic heterocycles. The maximum Gasteiger partial charge on any atom is 0.0312 e. The summed E-state index contributed by atoms with van der Waals surface area (Å²) in [6, 6.07) is 4.98. The van der Waals surface area contributed by atoms with Crippen LogP contribution in [0, 0.1) is 0 Å². The van der Waals surface area contributed by atoms with E-state index in [-0.39, 0.29) is 5.54 Å². The van der Waals surface area contributed by atoms with Crippen LogP contribution in [0.15, 0.2) is 24.5 Å². The highest BCUT2D eigenvalue weighted by Gasteiger charge is 2.29. The van der Waals surface area contributed by atoms with Gasteiger partial charge < -0.3 is 0 Å². The predicted octanol–water partition coefficient (Wildman–Crippen LogP) is 4.01. The van der Waals surface area contributed by atoms with E-state index in [4.69, 9.17) is 0 Å². The van der Waals surface area contributed by atoms with Gasteiger partial charge in [0.1, 0.15) is 0 Å². The standard InChI is InChI=1S/C16H26N2/c1-16(2,3)18(15-9-5-4-6-10-15)13-14-8-7-11-17-12-14/h7-8,11-12,15H,4-6,9-10,13H2,1-3H3. The molecule has 0 saturated heterocycles. The molecule has 0 unspecified atom stereocenters. The summed E-state index contributed by atoms with van der Waals surface area (Å²) in [7, 11) is 0. The Morgan fingerprint density at radius 1 is 1.22 bits per heavy atom. The first-order valence-electron chi connectivity index (χ1n) is 7.23. The van der Waals surface area contributed by atoms with Gasteiger partial charge in [-0.1, -0.05) is 25.3 Å². The fraction of sp³-hybridized carbons (Fsp3) is 0.688. The van der Waals surface area contributed by atoms with Crippen molar-refractivity contribution in [1.82, 2.24) is 9.88 Å². The van der Waals surface area contributed by atoms with Crippen LogP contribution in [0.1, 0.15) is 58.4 Å². The van der Waals surface area contributed by atoms with E-state index in [1.54, 1.807) is 0 Å². The molecule has 1 heterocycles. The van der Waals surface area contributed by atoms with Crippen LogP contribution in [-0.4, -0.2) is 21.5 Å². The Morgan fingerprint density at radius 2 is 1.94 bits per heavy atom. The number of aromatic nitrogens is 1. The smallest absolute Gasteiger partial charge is 0.0312 e. The predicted molar refractivity (Wildman–Crippen MR) is 76.4 cm³/mol. The van der Waals surface area contributed by atoms with E-state index in [9.17, 15) is 0 Å². The topological polar surface area (TPSA) is 16.1 Å². The van der Waals surface area contributed by atoms with Gasteiger partial charge in [-0.15, -0.1) is 0 Å². The van der Waals surface area contributed by atoms with Crippen molar-refractivity contribution < 1.29 is 0 Å². The van der Waals surface area contributed by atoms with E-state index in [0.29, 0.717) is 0 Å². The number of nitrogens with zero attached hydrogens (tertiary/aromatic N) is 2. The molecule has 100 valence electrons. The first-order chi connectivity index (χ1) is 8.57. The average molecular weight is 246 g/mol. The molecule has 2 nitrogen and oxygen atoms in total. The van der Waals surface area contributed by atoms with Crippen molar-refractivity contribution in [3.05, 3.63) is 30.1 Å². The van der Waals surface area contributed by atoms with Gasteiger partial charge in [0, 0.05) is 30.5 Å². The van der Waals surface area contributed by atoms with Crippen molar-refractivity contribution in [2.45, 2.75) is 71.0 Å². The lowest BCUT2D eigenvalue weighted by atomic mass is 9.90. The highest BCUT2D eigenvalue weighted by molar-refractivity contribution is 5.09. The minimum absolute atomic E-state index is 0.234. The minimum Gasteiger partial charge on any atom is -0.291 e. The molecule has 0 radical (unpaired) electrons. The lowest BCUT2D eigenvalue weighted by Crippen LogP contribution is -2.48. The molecule has 0 aliphatic heterocycles. The van der Waals surface area contributed by atoms with Gasteiger partial charge in [-0.3, -0.25) is 9.88 Å². The molecule has 1 aliphatic carbocycles. The normalized spacial score (nSPS) is 18.2. The second-order valence-electron chi connectivity index (χ2n) is 6.45. The fourth-order valence-electron chi connectivity index (χ4n) is 3.00. The van der Waals surface area contributed by atoms with Crippen LogP contribution in [0.4, 0.5) is 0 Å². The van der Waals surface area contributed by atoms with Crippen molar-refractivity contribution in [2.24, 2.45) is 0 Å². The number of hydrogen-bond donors (Lipinski definition) is 0. The SMILES string of the molecule is CC(C)(C)N(Cc1cccnc1)C1CCCCC1. The highest BCUT2D eigenvalue weighted by Crippen LogP contribution is 2.29. The molecule has 0 N–H and O–H groups in total. The quantitative estimate of drug-likeness (QED) is 0.801. The maximum absolute atomic E-state index is 4.24. The molecule has 0 aromatic carbocycles. The average Bonchev–Trinajstić information content (AvgIpc) is 2.37. The summed E-state index contributed by atoms with van der Waals surface area (Å²) in [4.78, 5) is 6.91. The van der Waals surface area contributed by atoms with Crippen LogP contribution >= 0.6 is 0 Å². The maximum atomic E-state index is 4.24. The van der Waals surface area contributed by atoms with Gasteiger partial charge in [-0.05, 0) is 45.2 Å². The van der Waals surface area contributed by atoms with Gasteiger partial charge in [0.05, 0.1) is 0 Å². The Balaban J connectivity index is 2.10. The molecule has 0 amide bonds. The third-order valence-electron chi connectivity index (χ3n) is 3.95. The van der Waals surface area contributed by atoms with Crippen LogP contribution in [0.5, 0.6) is 0 Å². The van der Waals surface area contributed by atoms with Crippen LogP contribution in [0.3, 0.4) is 0 Å². The van der Waals surface area contributed by atoms with Crippen molar-refractivity contribution in [1.29, 1.82) is 0 Å². The van der Waals surface area contributed by atoms with E-state index < -0.39 is 0 Å². The summed E-state index contributed by atoms with van der Waals surface area (Å²) < 4.78 is 0. The van der Waals surface area contributed by atoms with Crippen LogP contribution < -0.4 is 0 Å². The molecule has 0 atom stereocenters. The zero-order chi connectivity index (χ0) is 13.0. The molecule has 0 spiro atoms. The molecule has 1 aromatic rings. The van der Waals surface area contributed by atoms with Crippen molar-refractivity contribution in [2.75, 3.05) is 0 Å². The van der Waals surface area contributed by atoms with E-state index in [1.165, 1.54) is 37.7 Å². The van der Waals surface area contributed by atoms with Gasteiger partial charge in [0.25, 0.3) is 0 Å². The highest BCUT2D eigenvalue weighted by atomic mass is 15.2. The second kappa shape index (κ2) is 5.83. The lowest BCUT2D eigenvalue weighted by Gasteiger charge is -2.43. The summed E-state index contributed by atoms with van der Waals surface area (Å²) in [5, 5.41) is 0. The largest absolute Gasteiger partial charge is 0.291 e. The summed E-state index contributed by atoms with van der Waals surface area (Å²) in [6.07, 6.45) is 10.8. The van der Waals surface area contributed by atoms with Crippen LogP contribution in [0.2, 0.25) is 0 Å². The zero-order valence-electron chi connectivity index (χ0n) is 12.0. The molecule has 2 rings (SSSR count). The first kappa shape index (κ1) is 13.5. The Morgan fingerprint density at radius 3 is 2.50 bits per heavy atom.